The first-order valence-electron chi connectivity index (χ1n) is 6.39. The van der Waals surface area contributed by atoms with E-state index in [4.69, 9.17) is 0 Å². The molecular weight excluding hydrogens is 326 g/mol. The quantitative estimate of drug-likeness (QED) is 0.255. The average Bonchev–Trinajstić information content (AvgIpc) is 2.41. The lowest BCUT2D eigenvalue weighted by molar-refractivity contribution is -0.387. The normalized spacial score (nSPS) is 11.6. The van der Waals surface area contributed by atoms with Crippen LogP contribution in [0, 0.1) is 10.1 Å². The minimum Gasteiger partial charge on any atom is -0.258 e. The maximum Gasteiger partial charge on any atom is 0.283 e. The molecule has 0 radical (unpaired) electrons. The molecule has 3 nitrogen and oxygen atoms in total. The average molecular weight is 344 g/mol. The molecule has 0 heterocycles. The number of halogens is 1. The van der Waals surface area contributed by atoms with Crippen LogP contribution in [0.2, 0.25) is 0 Å². The summed E-state index contributed by atoms with van der Waals surface area (Å²) in [5.74, 6) is 0. The highest BCUT2D eigenvalue weighted by molar-refractivity contribution is 9.11. The third-order valence-corrected chi connectivity index (χ3v) is 4.57. The number of nitro benzene ring substituents is 1. The molecule has 0 amide bonds. The number of nitro groups is 1. The topological polar surface area (TPSA) is 43.1 Å². The van der Waals surface area contributed by atoms with Crippen LogP contribution < -0.4 is 0 Å². The molecule has 19 heavy (non-hydrogen) atoms. The third kappa shape index (κ3) is 6.25. The first-order chi connectivity index (χ1) is 9.15. The van der Waals surface area contributed by atoms with E-state index in [9.17, 15) is 10.1 Å². The first kappa shape index (κ1) is 16.2. The van der Waals surface area contributed by atoms with E-state index in [0.717, 1.165) is 17.3 Å². The number of benzene rings is 1. The van der Waals surface area contributed by atoms with Gasteiger partial charge in [-0.15, -0.1) is 0 Å². The Bertz CT molecular complexity index is 449. The molecule has 0 saturated carbocycles. The molecule has 0 saturated heterocycles. The Hall–Kier alpha value is -0.810. The minimum absolute atomic E-state index is 0.162. The van der Waals surface area contributed by atoms with Gasteiger partial charge in [-0.1, -0.05) is 66.0 Å². The summed E-state index contributed by atoms with van der Waals surface area (Å²) in [5.41, 5.74) is 0.162. The molecule has 1 rings (SSSR count). The van der Waals surface area contributed by atoms with Crippen LogP contribution in [0.3, 0.4) is 0 Å². The van der Waals surface area contributed by atoms with Gasteiger partial charge in [0.1, 0.15) is 0 Å². The van der Waals surface area contributed by atoms with Gasteiger partial charge < -0.3 is 0 Å². The number of thioether (sulfide) groups is 1. The zero-order chi connectivity index (χ0) is 14.1. The van der Waals surface area contributed by atoms with Crippen molar-refractivity contribution in [1.82, 2.24) is 0 Å². The monoisotopic (exact) mass is 343 g/mol. The van der Waals surface area contributed by atoms with Crippen LogP contribution in [0.15, 0.2) is 39.1 Å². The van der Waals surface area contributed by atoms with Crippen LogP contribution in [-0.4, -0.2) is 4.92 Å². The van der Waals surface area contributed by atoms with E-state index in [1.54, 1.807) is 12.1 Å². The highest BCUT2D eigenvalue weighted by Crippen LogP contribution is 2.32. The van der Waals surface area contributed by atoms with Gasteiger partial charge in [0.15, 0.2) is 0 Å². The number of rotatable bonds is 8. The molecule has 1 aromatic rings. The summed E-state index contributed by atoms with van der Waals surface area (Å²) in [6.45, 7) is 2.19. The Morgan fingerprint density at radius 1 is 1.37 bits per heavy atom. The van der Waals surface area contributed by atoms with Crippen LogP contribution in [-0.2, 0) is 0 Å². The zero-order valence-electron chi connectivity index (χ0n) is 11.0. The Labute approximate surface area is 126 Å². The second-order valence-corrected chi connectivity index (χ2v) is 6.15. The van der Waals surface area contributed by atoms with E-state index in [1.807, 2.05) is 11.5 Å². The van der Waals surface area contributed by atoms with Crippen molar-refractivity contribution in [3.8, 4) is 0 Å². The van der Waals surface area contributed by atoms with Crippen molar-refractivity contribution < 1.29 is 4.92 Å². The fraction of sp³-hybridized carbons (Fsp3) is 0.429. The van der Waals surface area contributed by atoms with Gasteiger partial charge >= 0.3 is 0 Å². The van der Waals surface area contributed by atoms with Crippen molar-refractivity contribution in [2.75, 3.05) is 0 Å². The maximum absolute atomic E-state index is 10.9. The number of hydrogen-bond donors (Lipinski definition) is 0. The fourth-order valence-corrected chi connectivity index (χ4v) is 2.97. The first-order valence-corrected chi connectivity index (χ1v) is 8.07. The Balaban J connectivity index is 2.53. The molecule has 0 unspecified atom stereocenters. The standard InChI is InChI=1S/C14H18BrNO2S/c1-2-3-4-5-8-12(15)11-19-14-10-7-6-9-13(14)16(17)18/h6-7,9-11H,2-5,8H2,1H3/b12-11+. The van der Waals surface area contributed by atoms with Crippen LogP contribution in [0.5, 0.6) is 0 Å². The predicted octanol–water partition coefficient (Wildman–Crippen LogP) is 5.89. The highest BCUT2D eigenvalue weighted by atomic mass is 79.9. The molecule has 0 bridgehead atoms. The lowest BCUT2D eigenvalue weighted by atomic mass is 10.2. The smallest absolute Gasteiger partial charge is 0.258 e. The summed E-state index contributed by atoms with van der Waals surface area (Å²) in [6, 6.07) is 6.81. The third-order valence-electron chi connectivity index (χ3n) is 2.64. The van der Waals surface area contributed by atoms with E-state index in [1.165, 1.54) is 37.1 Å². The Morgan fingerprint density at radius 3 is 2.79 bits per heavy atom. The summed E-state index contributed by atoms with van der Waals surface area (Å²) >= 11 is 4.92. The molecule has 0 aliphatic rings. The molecule has 0 aliphatic carbocycles. The van der Waals surface area contributed by atoms with Gasteiger partial charge in [-0.3, -0.25) is 10.1 Å². The molecular formula is C14H18BrNO2S. The van der Waals surface area contributed by atoms with E-state index in [0.29, 0.717) is 4.90 Å². The Kier molecular flexibility index (Phi) is 7.82. The number of nitrogens with zero attached hydrogens (tertiary/aromatic N) is 1. The summed E-state index contributed by atoms with van der Waals surface area (Å²) in [5, 5.41) is 12.8. The predicted molar refractivity (Wildman–Crippen MR) is 84.7 cm³/mol. The van der Waals surface area contributed by atoms with Crippen molar-refractivity contribution in [1.29, 1.82) is 0 Å². The summed E-state index contributed by atoms with van der Waals surface area (Å²) in [4.78, 5) is 11.2. The van der Waals surface area contributed by atoms with E-state index < -0.39 is 0 Å². The molecule has 0 aromatic heterocycles. The number of unbranched alkanes of at least 4 members (excludes halogenated alkanes) is 3. The van der Waals surface area contributed by atoms with E-state index >= 15 is 0 Å². The van der Waals surface area contributed by atoms with Crippen molar-refractivity contribution in [3.05, 3.63) is 44.3 Å². The van der Waals surface area contributed by atoms with Gasteiger partial charge in [0, 0.05) is 10.5 Å². The van der Waals surface area contributed by atoms with Crippen molar-refractivity contribution >= 4 is 33.4 Å². The van der Waals surface area contributed by atoms with Gasteiger partial charge in [0.2, 0.25) is 0 Å². The Morgan fingerprint density at radius 2 is 2.11 bits per heavy atom. The van der Waals surface area contributed by atoms with Gasteiger partial charge in [0.25, 0.3) is 5.69 Å². The SMILES string of the molecule is CCCCCC/C(Br)=C\Sc1ccccc1[N+](=O)[O-]. The molecule has 0 N–H and O–H groups in total. The minimum atomic E-state index is -0.342. The second-order valence-electron chi connectivity index (χ2n) is 4.22. The molecule has 5 heteroatoms. The van der Waals surface area contributed by atoms with Crippen LogP contribution in [0.25, 0.3) is 0 Å². The summed E-state index contributed by atoms with van der Waals surface area (Å²) < 4.78 is 1.10. The lowest BCUT2D eigenvalue weighted by Crippen LogP contribution is -1.89. The van der Waals surface area contributed by atoms with Gasteiger partial charge in [-0.05, 0) is 24.3 Å². The molecule has 0 atom stereocenters. The summed E-state index contributed by atoms with van der Waals surface area (Å²) in [7, 11) is 0. The van der Waals surface area contributed by atoms with Crippen LogP contribution in [0.1, 0.15) is 39.0 Å². The van der Waals surface area contributed by atoms with Crippen molar-refractivity contribution in [2.24, 2.45) is 0 Å². The fourth-order valence-electron chi connectivity index (χ4n) is 1.61. The second kappa shape index (κ2) is 9.15. The molecule has 0 fully saturated rings. The van der Waals surface area contributed by atoms with E-state index in [2.05, 4.69) is 22.9 Å². The van der Waals surface area contributed by atoms with Crippen molar-refractivity contribution in [2.45, 2.75) is 43.9 Å². The van der Waals surface area contributed by atoms with Crippen LogP contribution in [0.4, 0.5) is 5.69 Å². The van der Waals surface area contributed by atoms with Gasteiger partial charge in [-0.25, -0.2) is 0 Å². The number of hydrogen-bond acceptors (Lipinski definition) is 3. The maximum atomic E-state index is 10.9. The summed E-state index contributed by atoms with van der Waals surface area (Å²) in [6.07, 6.45) is 5.87. The number of para-hydroxylation sites is 1. The van der Waals surface area contributed by atoms with E-state index in [-0.39, 0.29) is 10.6 Å². The highest BCUT2D eigenvalue weighted by Gasteiger charge is 2.11. The largest absolute Gasteiger partial charge is 0.283 e. The number of allylic oxidation sites excluding steroid dienone is 1. The zero-order valence-corrected chi connectivity index (χ0v) is 13.4. The van der Waals surface area contributed by atoms with Crippen LogP contribution >= 0.6 is 27.7 Å². The molecule has 0 aliphatic heterocycles. The molecule has 1 aromatic carbocycles. The lowest BCUT2D eigenvalue weighted by Gasteiger charge is -2.01. The van der Waals surface area contributed by atoms with Gasteiger partial charge in [-0.2, -0.15) is 0 Å². The molecule has 104 valence electrons. The molecule has 0 spiro atoms. The van der Waals surface area contributed by atoms with Gasteiger partial charge in [0.05, 0.1) is 9.82 Å². The van der Waals surface area contributed by atoms with Crippen molar-refractivity contribution in [3.63, 3.8) is 0 Å².